The number of fused-ring (bicyclic) bond motifs is 1. The maximum absolute atomic E-state index is 12.7. The summed E-state index contributed by atoms with van der Waals surface area (Å²) in [6, 6.07) is 13.0. The normalized spacial score (nSPS) is 11.0. The fraction of sp³-hybridized carbons (Fsp3) is 0.190. The highest BCUT2D eigenvalue weighted by Crippen LogP contribution is 2.18. The van der Waals surface area contributed by atoms with Crippen LogP contribution in [-0.4, -0.2) is 30.1 Å². The molecule has 4 rings (SSSR count). The van der Waals surface area contributed by atoms with Gasteiger partial charge in [-0.15, -0.1) is 5.10 Å². The molecule has 0 saturated heterocycles. The van der Waals surface area contributed by atoms with Gasteiger partial charge in [-0.3, -0.25) is 9.78 Å². The number of hydrogen-bond donors (Lipinski definition) is 1. The number of anilines is 1. The van der Waals surface area contributed by atoms with Gasteiger partial charge in [0.1, 0.15) is 12.4 Å². The molecule has 3 heterocycles. The summed E-state index contributed by atoms with van der Waals surface area (Å²) in [6.45, 7) is 3.58. The summed E-state index contributed by atoms with van der Waals surface area (Å²) in [6.07, 6.45) is 4.16. The third-order valence-electron chi connectivity index (χ3n) is 4.68. The Labute approximate surface area is 166 Å². The highest BCUT2D eigenvalue weighted by atomic mass is 16.2. The van der Waals surface area contributed by atoms with Gasteiger partial charge in [-0.25, -0.2) is 18.9 Å². The number of pyridine rings is 1. The molecular weight excluding hydrogens is 368 g/mol. The van der Waals surface area contributed by atoms with Gasteiger partial charge in [0.2, 0.25) is 5.91 Å². The number of hydrogen-bond acceptors (Lipinski definition) is 5. The van der Waals surface area contributed by atoms with Crippen LogP contribution in [0.3, 0.4) is 0 Å². The molecule has 1 N–H and O–H groups in total. The minimum absolute atomic E-state index is 0.178. The third kappa shape index (κ3) is 3.64. The minimum Gasteiger partial charge on any atom is -0.324 e. The number of aromatic nitrogens is 5. The van der Waals surface area contributed by atoms with Crippen molar-refractivity contribution in [3.63, 3.8) is 0 Å². The lowest BCUT2D eigenvalue weighted by Crippen LogP contribution is -2.29. The molecule has 1 aromatic carbocycles. The maximum atomic E-state index is 12.7. The number of carbonyl (C=O) groups is 1. The molecule has 0 unspecified atom stereocenters. The van der Waals surface area contributed by atoms with E-state index in [2.05, 4.69) is 20.4 Å². The number of carbonyl (C=O) groups excluding carboxylic acids is 1. The highest BCUT2D eigenvalue weighted by Gasteiger charge is 2.15. The van der Waals surface area contributed by atoms with Gasteiger partial charge in [-0.05, 0) is 37.1 Å². The molecule has 0 atom stereocenters. The highest BCUT2D eigenvalue weighted by molar-refractivity contribution is 5.91. The van der Waals surface area contributed by atoms with Gasteiger partial charge in [0.25, 0.3) is 0 Å². The molecule has 0 fully saturated rings. The summed E-state index contributed by atoms with van der Waals surface area (Å²) in [5, 5.41) is 7.20. The molecule has 8 heteroatoms. The van der Waals surface area contributed by atoms with Gasteiger partial charge in [0, 0.05) is 29.7 Å². The smallest absolute Gasteiger partial charge is 0.324 e. The van der Waals surface area contributed by atoms with Crippen LogP contribution in [-0.2, 0) is 17.8 Å². The molecule has 29 heavy (non-hydrogen) atoms. The Hall–Kier alpha value is -3.81. The van der Waals surface area contributed by atoms with E-state index < -0.39 is 5.69 Å². The van der Waals surface area contributed by atoms with E-state index in [0.29, 0.717) is 17.2 Å². The molecule has 8 nitrogen and oxygen atoms in total. The monoisotopic (exact) mass is 388 g/mol. The number of benzene rings is 1. The van der Waals surface area contributed by atoms with Gasteiger partial charge in [-0.1, -0.05) is 25.1 Å². The lowest BCUT2D eigenvalue weighted by atomic mass is 10.1. The zero-order valence-corrected chi connectivity index (χ0v) is 16.2. The van der Waals surface area contributed by atoms with Gasteiger partial charge < -0.3 is 5.32 Å². The molecule has 0 aliphatic heterocycles. The largest absolute Gasteiger partial charge is 0.352 e. The summed E-state index contributed by atoms with van der Waals surface area (Å²) < 4.78 is 2.56. The Morgan fingerprint density at radius 1 is 1.14 bits per heavy atom. The molecule has 3 aromatic heterocycles. The van der Waals surface area contributed by atoms with Crippen LogP contribution >= 0.6 is 0 Å². The van der Waals surface area contributed by atoms with Crippen LogP contribution in [0.2, 0.25) is 0 Å². The average Bonchev–Trinajstić information content (AvgIpc) is 3.04. The van der Waals surface area contributed by atoms with Gasteiger partial charge in [-0.2, -0.15) is 0 Å². The number of nitrogens with one attached hydrogen (secondary N) is 1. The lowest BCUT2D eigenvalue weighted by molar-refractivity contribution is -0.117. The van der Waals surface area contributed by atoms with E-state index >= 15 is 0 Å². The quantitative estimate of drug-likeness (QED) is 0.567. The number of aryl methyl sites for hydroxylation is 2. The topological polar surface area (TPSA) is 94.2 Å². The Kier molecular flexibility index (Phi) is 4.90. The maximum Gasteiger partial charge on any atom is 0.352 e. The number of rotatable bonds is 5. The van der Waals surface area contributed by atoms with Crippen LogP contribution in [0.15, 0.2) is 59.7 Å². The standard InChI is InChI=1S/C21H20N6O2/c1-3-15-6-4-5-7-17(15)24-20(28)13-26-21(29)27-14(2)23-18(12-19(27)25-26)16-8-10-22-11-9-16/h4-12H,3,13H2,1-2H3,(H,24,28). The van der Waals surface area contributed by atoms with Crippen molar-refractivity contribution in [2.24, 2.45) is 0 Å². The van der Waals surface area contributed by atoms with Crippen molar-refractivity contribution < 1.29 is 4.79 Å². The van der Waals surface area contributed by atoms with Crippen molar-refractivity contribution in [2.75, 3.05) is 5.32 Å². The van der Waals surface area contributed by atoms with Crippen molar-refractivity contribution in [1.29, 1.82) is 0 Å². The third-order valence-corrected chi connectivity index (χ3v) is 4.68. The first-order valence-corrected chi connectivity index (χ1v) is 9.32. The van der Waals surface area contributed by atoms with Crippen molar-refractivity contribution in [3.8, 4) is 11.3 Å². The van der Waals surface area contributed by atoms with E-state index in [0.717, 1.165) is 27.9 Å². The van der Waals surface area contributed by atoms with E-state index in [4.69, 9.17) is 0 Å². The molecular formula is C21H20N6O2. The van der Waals surface area contributed by atoms with E-state index in [9.17, 15) is 9.59 Å². The molecule has 0 aliphatic rings. The minimum atomic E-state index is -0.398. The van der Waals surface area contributed by atoms with E-state index in [-0.39, 0.29) is 12.5 Å². The number of nitrogens with zero attached hydrogens (tertiary/aromatic N) is 5. The Balaban J connectivity index is 1.64. The van der Waals surface area contributed by atoms with Crippen LogP contribution in [0.5, 0.6) is 0 Å². The van der Waals surface area contributed by atoms with Crippen LogP contribution in [0, 0.1) is 6.92 Å². The van der Waals surface area contributed by atoms with E-state index in [1.165, 1.54) is 4.40 Å². The Morgan fingerprint density at radius 2 is 1.90 bits per heavy atom. The van der Waals surface area contributed by atoms with Crippen LogP contribution in [0.4, 0.5) is 5.69 Å². The summed E-state index contributed by atoms with van der Waals surface area (Å²) in [4.78, 5) is 33.8. The zero-order chi connectivity index (χ0) is 20.4. The van der Waals surface area contributed by atoms with Crippen molar-refractivity contribution in [1.82, 2.24) is 24.1 Å². The first kappa shape index (κ1) is 18.5. The molecule has 0 radical (unpaired) electrons. The molecule has 4 aromatic rings. The summed E-state index contributed by atoms with van der Waals surface area (Å²) >= 11 is 0. The van der Waals surface area contributed by atoms with Crippen molar-refractivity contribution in [3.05, 3.63) is 76.7 Å². The van der Waals surface area contributed by atoms with Crippen molar-refractivity contribution in [2.45, 2.75) is 26.8 Å². The van der Waals surface area contributed by atoms with Crippen LogP contribution in [0.1, 0.15) is 18.3 Å². The average molecular weight is 388 g/mol. The predicted molar refractivity (Wildman–Crippen MR) is 110 cm³/mol. The van der Waals surface area contributed by atoms with Crippen LogP contribution in [0.25, 0.3) is 16.9 Å². The summed E-state index contributed by atoms with van der Waals surface area (Å²) in [5.41, 5.74) is 3.39. The second kappa shape index (κ2) is 7.67. The van der Waals surface area contributed by atoms with E-state index in [1.807, 2.05) is 43.3 Å². The zero-order valence-electron chi connectivity index (χ0n) is 16.2. The lowest BCUT2D eigenvalue weighted by Gasteiger charge is -2.09. The fourth-order valence-electron chi connectivity index (χ4n) is 3.25. The fourth-order valence-corrected chi connectivity index (χ4v) is 3.25. The first-order chi connectivity index (χ1) is 14.1. The Morgan fingerprint density at radius 3 is 2.66 bits per heavy atom. The van der Waals surface area contributed by atoms with Crippen LogP contribution < -0.4 is 11.0 Å². The summed E-state index contributed by atoms with van der Waals surface area (Å²) in [7, 11) is 0. The second-order valence-electron chi connectivity index (χ2n) is 6.62. The molecule has 0 saturated carbocycles. The second-order valence-corrected chi connectivity index (χ2v) is 6.62. The SMILES string of the molecule is CCc1ccccc1NC(=O)Cn1nc2cc(-c3ccncc3)nc(C)n2c1=O. The molecule has 0 spiro atoms. The predicted octanol–water partition coefficient (Wildman–Crippen LogP) is 2.46. The number of para-hydroxylation sites is 1. The molecule has 1 amide bonds. The molecule has 146 valence electrons. The van der Waals surface area contributed by atoms with Gasteiger partial charge in [0.05, 0.1) is 5.69 Å². The molecule has 0 bridgehead atoms. The van der Waals surface area contributed by atoms with Crippen molar-refractivity contribution >= 4 is 17.2 Å². The van der Waals surface area contributed by atoms with Gasteiger partial charge >= 0.3 is 5.69 Å². The molecule has 0 aliphatic carbocycles. The summed E-state index contributed by atoms with van der Waals surface area (Å²) in [5.74, 6) is 0.193. The number of amides is 1. The first-order valence-electron chi connectivity index (χ1n) is 9.32. The van der Waals surface area contributed by atoms with E-state index in [1.54, 1.807) is 25.4 Å². The van der Waals surface area contributed by atoms with Gasteiger partial charge in [0.15, 0.2) is 5.65 Å². The Bertz CT molecular complexity index is 1240.